The summed E-state index contributed by atoms with van der Waals surface area (Å²) in [7, 11) is 3.56. The molecule has 0 radical (unpaired) electrons. The van der Waals surface area contributed by atoms with Gasteiger partial charge in [-0.25, -0.2) is 0 Å². The smallest absolute Gasteiger partial charge is 0.156 e. The third kappa shape index (κ3) is 2.23. The lowest BCUT2D eigenvalue weighted by Crippen LogP contribution is -2.14. The van der Waals surface area contributed by atoms with Crippen LogP contribution in [0, 0.1) is 0 Å². The third-order valence-electron chi connectivity index (χ3n) is 1.44. The van der Waals surface area contributed by atoms with Gasteiger partial charge < -0.3 is 10.1 Å². The monoisotopic (exact) mass is 155 g/mol. The fraction of sp³-hybridized carbons (Fsp3) is 0.571. The van der Waals surface area contributed by atoms with Crippen LogP contribution in [0.25, 0.3) is 0 Å². The summed E-state index contributed by atoms with van der Waals surface area (Å²) in [6.07, 6.45) is 3.58. The molecule has 1 heterocycles. The fourth-order valence-corrected chi connectivity index (χ4v) is 0.799. The maximum Gasteiger partial charge on any atom is 0.156 e. The number of hydrogen-bond acceptors (Lipinski definition) is 3. The van der Waals surface area contributed by atoms with Crippen molar-refractivity contribution >= 4 is 0 Å². The van der Waals surface area contributed by atoms with E-state index in [9.17, 15) is 0 Å². The van der Waals surface area contributed by atoms with E-state index >= 15 is 0 Å². The Morgan fingerprint density at radius 2 is 2.55 bits per heavy atom. The summed E-state index contributed by atoms with van der Waals surface area (Å²) < 4.78 is 6.81. The molecule has 1 rings (SSSR count). The molecule has 0 saturated heterocycles. The Labute approximate surface area is 66.2 Å². The molecule has 0 amide bonds. The van der Waals surface area contributed by atoms with Gasteiger partial charge in [-0.1, -0.05) is 0 Å². The van der Waals surface area contributed by atoms with Gasteiger partial charge in [-0.3, -0.25) is 4.68 Å². The van der Waals surface area contributed by atoms with E-state index in [1.807, 2.05) is 17.9 Å². The summed E-state index contributed by atoms with van der Waals surface area (Å²) in [5.74, 6) is 0.807. The van der Waals surface area contributed by atoms with Gasteiger partial charge in [-0.2, -0.15) is 5.10 Å². The van der Waals surface area contributed by atoms with Crippen molar-refractivity contribution in [2.45, 2.75) is 6.54 Å². The number of nitrogens with zero attached hydrogens (tertiary/aromatic N) is 2. The van der Waals surface area contributed by atoms with Gasteiger partial charge in [0.25, 0.3) is 0 Å². The lowest BCUT2D eigenvalue weighted by molar-refractivity contribution is 0.413. The van der Waals surface area contributed by atoms with Crippen molar-refractivity contribution < 1.29 is 4.74 Å². The van der Waals surface area contributed by atoms with E-state index in [0.29, 0.717) is 0 Å². The molecule has 4 nitrogen and oxygen atoms in total. The molecule has 4 heteroatoms. The van der Waals surface area contributed by atoms with Crippen LogP contribution in [-0.4, -0.2) is 30.5 Å². The van der Waals surface area contributed by atoms with Gasteiger partial charge in [0.1, 0.15) is 0 Å². The third-order valence-corrected chi connectivity index (χ3v) is 1.44. The molecule has 1 aromatic heterocycles. The lowest BCUT2D eigenvalue weighted by atomic mass is 10.6. The van der Waals surface area contributed by atoms with E-state index in [-0.39, 0.29) is 0 Å². The van der Waals surface area contributed by atoms with Crippen LogP contribution in [0.3, 0.4) is 0 Å². The SMILES string of the molecule is CNCCn1cc(OC)cn1. The predicted octanol–water partition coefficient (Wildman–Crippen LogP) is 0.111. The van der Waals surface area contributed by atoms with Crippen molar-refractivity contribution in [1.82, 2.24) is 15.1 Å². The summed E-state index contributed by atoms with van der Waals surface area (Å²) in [6, 6.07) is 0. The van der Waals surface area contributed by atoms with E-state index < -0.39 is 0 Å². The Balaban J connectivity index is 2.44. The molecule has 62 valence electrons. The largest absolute Gasteiger partial charge is 0.493 e. The van der Waals surface area contributed by atoms with Gasteiger partial charge >= 0.3 is 0 Å². The quantitative estimate of drug-likeness (QED) is 0.670. The summed E-state index contributed by atoms with van der Waals surface area (Å²) in [5, 5.41) is 7.12. The molecule has 0 saturated carbocycles. The summed E-state index contributed by atoms with van der Waals surface area (Å²) in [5.41, 5.74) is 0. The fourth-order valence-electron chi connectivity index (χ4n) is 0.799. The molecule has 0 aromatic carbocycles. The summed E-state index contributed by atoms with van der Waals surface area (Å²) >= 11 is 0. The number of likely N-dealkylation sites (N-methyl/N-ethyl adjacent to an activating group) is 1. The van der Waals surface area contributed by atoms with Gasteiger partial charge in [-0.05, 0) is 7.05 Å². The van der Waals surface area contributed by atoms with Crippen molar-refractivity contribution in [3.8, 4) is 5.75 Å². The van der Waals surface area contributed by atoms with Crippen LogP contribution in [-0.2, 0) is 6.54 Å². The molecule has 0 aliphatic carbocycles. The highest BCUT2D eigenvalue weighted by molar-refractivity contribution is 5.10. The molecule has 0 fully saturated rings. The Bertz CT molecular complexity index is 209. The zero-order valence-corrected chi connectivity index (χ0v) is 6.87. The minimum atomic E-state index is 0.807. The van der Waals surface area contributed by atoms with Crippen LogP contribution in [0.2, 0.25) is 0 Å². The molecule has 11 heavy (non-hydrogen) atoms. The van der Waals surface area contributed by atoms with Crippen LogP contribution < -0.4 is 10.1 Å². The van der Waals surface area contributed by atoms with Gasteiger partial charge in [0, 0.05) is 6.54 Å². The second-order valence-electron chi connectivity index (χ2n) is 2.25. The number of rotatable bonds is 4. The van der Waals surface area contributed by atoms with Crippen molar-refractivity contribution in [2.24, 2.45) is 0 Å². The van der Waals surface area contributed by atoms with E-state index in [4.69, 9.17) is 4.74 Å². The Hall–Kier alpha value is -1.03. The summed E-state index contributed by atoms with van der Waals surface area (Å²) in [6.45, 7) is 1.80. The van der Waals surface area contributed by atoms with Crippen LogP contribution in [0.5, 0.6) is 5.75 Å². The molecule has 0 unspecified atom stereocenters. The van der Waals surface area contributed by atoms with Gasteiger partial charge in [-0.15, -0.1) is 0 Å². The van der Waals surface area contributed by atoms with Gasteiger partial charge in [0.15, 0.2) is 5.75 Å². The second-order valence-corrected chi connectivity index (χ2v) is 2.25. The molecule has 0 bridgehead atoms. The highest BCUT2D eigenvalue weighted by Gasteiger charge is 1.94. The number of methoxy groups -OCH3 is 1. The highest BCUT2D eigenvalue weighted by atomic mass is 16.5. The Morgan fingerprint density at radius 1 is 1.73 bits per heavy atom. The standard InChI is InChI=1S/C7H13N3O/c1-8-3-4-10-6-7(11-2)5-9-10/h5-6,8H,3-4H2,1-2H3. The van der Waals surface area contributed by atoms with Crippen LogP contribution in [0.4, 0.5) is 0 Å². The number of nitrogens with one attached hydrogen (secondary N) is 1. The summed E-state index contributed by atoms with van der Waals surface area (Å²) in [4.78, 5) is 0. The zero-order chi connectivity index (χ0) is 8.10. The van der Waals surface area contributed by atoms with Gasteiger partial charge in [0.05, 0.1) is 26.0 Å². The van der Waals surface area contributed by atoms with Crippen molar-refractivity contribution in [3.05, 3.63) is 12.4 Å². The van der Waals surface area contributed by atoms with E-state index in [1.54, 1.807) is 13.3 Å². The number of ether oxygens (including phenoxy) is 1. The molecular formula is C7H13N3O. The van der Waals surface area contributed by atoms with E-state index in [2.05, 4.69) is 10.4 Å². The van der Waals surface area contributed by atoms with Gasteiger partial charge in [0.2, 0.25) is 0 Å². The number of hydrogen-bond donors (Lipinski definition) is 1. The minimum Gasteiger partial charge on any atom is -0.493 e. The van der Waals surface area contributed by atoms with Crippen LogP contribution in [0.1, 0.15) is 0 Å². The zero-order valence-electron chi connectivity index (χ0n) is 6.87. The maximum atomic E-state index is 4.97. The predicted molar refractivity (Wildman–Crippen MR) is 42.7 cm³/mol. The minimum absolute atomic E-state index is 0.807. The van der Waals surface area contributed by atoms with Crippen LogP contribution in [0.15, 0.2) is 12.4 Å². The normalized spacial score (nSPS) is 10.0. The molecule has 1 aromatic rings. The maximum absolute atomic E-state index is 4.97. The first-order valence-corrected chi connectivity index (χ1v) is 3.58. The molecule has 0 aliphatic heterocycles. The average molecular weight is 155 g/mol. The van der Waals surface area contributed by atoms with Crippen molar-refractivity contribution in [1.29, 1.82) is 0 Å². The Kier molecular flexibility index (Phi) is 2.92. The molecule has 0 spiro atoms. The topological polar surface area (TPSA) is 39.1 Å². The number of aromatic nitrogens is 2. The Morgan fingerprint density at radius 3 is 3.09 bits per heavy atom. The first kappa shape index (κ1) is 8.07. The van der Waals surface area contributed by atoms with Crippen molar-refractivity contribution in [3.63, 3.8) is 0 Å². The van der Waals surface area contributed by atoms with Crippen molar-refractivity contribution in [2.75, 3.05) is 20.7 Å². The molecule has 0 aliphatic rings. The van der Waals surface area contributed by atoms with E-state index in [0.717, 1.165) is 18.8 Å². The lowest BCUT2D eigenvalue weighted by Gasteiger charge is -1.98. The first-order valence-electron chi connectivity index (χ1n) is 3.58. The first-order chi connectivity index (χ1) is 5.36. The molecule has 1 N–H and O–H groups in total. The van der Waals surface area contributed by atoms with E-state index in [1.165, 1.54) is 0 Å². The molecular weight excluding hydrogens is 142 g/mol. The second kappa shape index (κ2) is 3.98. The van der Waals surface area contributed by atoms with Crippen LogP contribution >= 0.6 is 0 Å². The molecule has 0 atom stereocenters. The highest BCUT2D eigenvalue weighted by Crippen LogP contribution is 2.05. The average Bonchev–Trinajstić information content (AvgIpc) is 2.48.